The molecule has 3 aliphatic carbocycles. The molecule has 0 N–H and O–H groups in total. The molecule has 0 radical (unpaired) electrons. The summed E-state index contributed by atoms with van der Waals surface area (Å²) in [5.74, 6) is 0. The van der Waals surface area contributed by atoms with Gasteiger partial charge in [-0.25, -0.2) is 0 Å². The van der Waals surface area contributed by atoms with Crippen LogP contribution in [0.4, 0.5) is 0 Å². The molecule has 0 fully saturated rings. The van der Waals surface area contributed by atoms with Crippen LogP contribution in [0.15, 0.2) is 109 Å². The van der Waals surface area contributed by atoms with Crippen molar-refractivity contribution in [2.75, 3.05) is 0 Å². The molecule has 0 saturated heterocycles. The topological polar surface area (TPSA) is 0 Å². The molecular formula is C31H23Zr. The summed E-state index contributed by atoms with van der Waals surface area (Å²) in [4.78, 5) is 0. The number of fused-ring (bicyclic) bond motifs is 5. The zero-order valence-corrected chi connectivity index (χ0v) is 20.2. The van der Waals surface area contributed by atoms with Crippen LogP contribution in [0.3, 0.4) is 0 Å². The molecule has 4 aromatic rings. The molecule has 0 aliphatic heterocycles. The Morgan fingerprint density at radius 3 is 1.34 bits per heavy atom. The van der Waals surface area contributed by atoms with E-state index in [-0.39, 0.29) is 0 Å². The van der Waals surface area contributed by atoms with Gasteiger partial charge in [0.15, 0.2) is 0 Å². The first-order chi connectivity index (χ1) is 15.9. The van der Waals surface area contributed by atoms with Gasteiger partial charge in [-0.3, -0.25) is 0 Å². The molecule has 7 rings (SSSR count). The number of benzene rings is 4. The van der Waals surface area contributed by atoms with Gasteiger partial charge >= 0.3 is 199 Å². The fourth-order valence-corrected chi connectivity index (χ4v) is 16.5. The maximum absolute atomic E-state index is 2.55. The van der Waals surface area contributed by atoms with Gasteiger partial charge in [0, 0.05) is 0 Å². The van der Waals surface area contributed by atoms with Crippen molar-refractivity contribution in [3.8, 4) is 11.1 Å². The van der Waals surface area contributed by atoms with Crippen LogP contribution in [-0.4, -0.2) is 0 Å². The van der Waals surface area contributed by atoms with Crippen LogP contribution in [0.5, 0.6) is 0 Å². The quantitative estimate of drug-likeness (QED) is 0.276. The normalized spacial score (nSPS) is 19.5. The molecule has 0 heterocycles. The SMILES string of the molecule is C1=C[CH]([Zr]([CH]2C=Cc3ccccc32)[CH]2c3ccccc3-c3ccccc32)c2ccccc21. The standard InChI is InChI=1S/C13H9.2C9H7.Zr/c1-3-7-12-10(5-1)9-11-6-2-4-8-13(11)12;2*1-2-5-9-7-3-6-8(9)4-1;/h1-9H;2*1-7H;. The number of hydrogen-bond acceptors (Lipinski definition) is 0. The monoisotopic (exact) mass is 485 g/mol. The number of rotatable bonds is 3. The van der Waals surface area contributed by atoms with E-state index < -0.39 is 21.8 Å². The summed E-state index contributed by atoms with van der Waals surface area (Å²) in [5.41, 5.74) is 12.0. The first kappa shape index (κ1) is 18.8. The van der Waals surface area contributed by atoms with Crippen molar-refractivity contribution in [1.82, 2.24) is 0 Å². The van der Waals surface area contributed by atoms with E-state index in [9.17, 15) is 0 Å². The van der Waals surface area contributed by atoms with E-state index in [1.807, 2.05) is 0 Å². The van der Waals surface area contributed by atoms with Gasteiger partial charge < -0.3 is 0 Å². The summed E-state index contributed by atoms with van der Waals surface area (Å²) in [6.45, 7) is 0. The average molecular weight is 487 g/mol. The third-order valence-electron chi connectivity index (χ3n) is 7.48. The van der Waals surface area contributed by atoms with Gasteiger partial charge in [-0.15, -0.1) is 0 Å². The molecule has 151 valence electrons. The van der Waals surface area contributed by atoms with Crippen molar-refractivity contribution in [2.45, 2.75) is 10.9 Å². The molecule has 0 saturated carbocycles. The zero-order valence-electron chi connectivity index (χ0n) is 17.8. The van der Waals surface area contributed by atoms with Gasteiger partial charge in [0.2, 0.25) is 0 Å². The first-order valence-corrected chi connectivity index (χ1v) is 15.7. The van der Waals surface area contributed by atoms with Gasteiger partial charge in [-0.1, -0.05) is 0 Å². The van der Waals surface area contributed by atoms with Gasteiger partial charge in [0.25, 0.3) is 0 Å². The molecule has 2 atom stereocenters. The first-order valence-electron chi connectivity index (χ1n) is 11.5. The van der Waals surface area contributed by atoms with Crippen LogP contribution in [0.1, 0.15) is 44.3 Å². The van der Waals surface area contributed by atoms with Crippen molar-refractivity contribution in [1.29, 1.82) is 0 Å². The molecule has 3 aliphatic rings. The molecule has 0 nitrogen and oxygen atoms in total. The Labute approximate surface area is 197 Å². The van der Waals surface area contributed by atoms with Crippen LogP contribution in [-0.2, 0) is 21.8 Å². The van der Waals surface area contributed by atoms with Crippen LogP contribution in [0, 0.1) is 0 Å². The van der Waals surface area contributed by atoms with E-state index in [4.69, 9.17) is 0 Å². The van der Waals surface area contributed by atoms with E-state index in [2.05, 4.69) is 121 Å². The molecule has 32 heavy (non-hydrogen) atoms. The maximum atomic E-state index is 2.55. The van der Waals surface area contributed by atoms with Crippen LogP contribution in [0.2, 0.25) is 0 Å². The molecule has 0 bridgehead atoms. The molecule has 0 spiro atoms. The Kier molecular flexibility index (Phi) is 4.34. The van der Waals surface area contributed by atoms with Crippen molar-refractivity contribution in [2.24, 2.45) is 0 Å². The Bertz CT molecular complexity index is 1300. The summed E-state index contributed by atoms with van der Waals surface area (Å²) in [7, 11) is 0. The summed E-state index contributed by atoms with van der Waals surface area (Å²) in [5, 5.41) is 0. The number of allylic oxidation sites excluding steroid dienone is 2. The predicted octanol–water partition coefficient (Wildman–Crippen LogP) is 7.91. The third kappa shape index (κ3) is 2.71. The number of hydrogen-bond donors (Lipinski definition) is 0. The molecule has 2 unspecified atom stereocenters. The van der Waals surface area contributed by atoms with Gasteiger partial charge in [-0.2, -0.15) is 0 Å². The second-order valence-electron chi connectivity index (χ2n) is 9.04. The molecule has 4 aromatic carbocycles. The van der Waals surface area contributed by atoms with Crippen molar-refractivity contribution in [3.05, 3.63) is 143 Å². The van der Waals surface area contributed by atoms with E-state index in [0.717, 1.165) is 0 Å². The van der Waals surface area contributed by atoms with Crippen molar-refractivity contribution < 1.29 is 21.8 Å². The average Bonchev–Trinajstić information content (AvgIpc) is 3.55. The summed E-state index contributed by atoms with van der Waals surface area (Å²) >= 11 is -2.32. The van der Waals surface area contributed by atoms with Crippen molar-refractivity contribution >= 4 is 12.2 Å². The van der Waals surface area contributed by atoms with Crippen LogP contribution < -0.4 is 0 Å². The molecule has 0 amide bonds. The molecule has 0 aromatic heterocycles. The van der Waals surface area contributed by atoms with Crippen LogP contribution in [0.25, 0.3) is 23.3 Å². The van der Waals surface area contributed by atoms with E-state index in [1.54, 1.807) is 22.3 Å². The van der Waals surface area contributed by atoms with E-state index in [1.165, 1.54) is 22.3 Å². The van der Waals surface area contributed by atoms with E-state index >= 15 is 0 Å². The third-order valence-corrected chi connectivity index (χ3v) is 16.7. The predicted molar refractivity (Wildman–Crippen MR) is 130 cm³/mol. The fourth-order valence-electron chi connectivity index (χ4n) is 6.15. The second-order valence-corrected chi connectivity index (χ2v) is 16.0. The van der Waals surface area contributed by atoms with Gasteiger partial charge in [-0.05, 0) is 0 Å². The van der Waals surface area contributed by atoms with Gasteiger partial charge in [0.1, 0.15) is 0 Å². The Balaban J connectivity index is 1.47. The Morgan fingerprint density at radius 1 is 0.438 bits per heavy atom. The van der Waals surface area contributed by atoms with E-state index in [0.29, 0.717) is 10.9 Å². The molecule has 1 heteroatoms. The summed E-state index contributed by atoms with van der Waals surface area (Å²) < 4.78 is 1.73. The molecular weight excluding hydrogens is 464 g/mol. The minimum absolute atomic E-state index is 0.561. The Morgan fingerprint density at radius 2 is 0.844 bits per heavy atom. The second kappa shape index (κ2) is 7.39. The summed E-state index contributed by atoms with van der Waals surface area (Å²) in [6, 6.07) is 36.6. The van der Waals surface area contributed by atoms with Crippen LogP contribution >= 0.6 is 0 Å². The summed E-state index contributed by atoms with van der Waals surface area (Å²) in [6.07, 6.45) is 9.88. The zero-order chi connectivity index (χ0) is 21.1. The van der Waals surface area contributed by atoms with Gasteiger partial charge in [0.05, 0.1) is 0 Å². The fraction of sp³-hybridized carbons (Fsp3) is 0.0968. The van der Waals surface area contributed by atoms with Crippen molar-refractivity contribution in [3.63, 3.8) is 0 Å². The Hall–Kier alpha value is -2.76. The minimum atomic E-state index is -2.32.